The molecule has 5 rings (SSSR count). The van der Waals surface area contributed by atoms with Crippen LogP contribution in [0.1, 0.15) is 12.5 Å². The summed E-state index contributed by atoms with van der Waals surface area (Å²) in [7, 11) is 3.23. The molecule has 1 heterocycles. The molecule has 0 spiro atoms. The summed E-state index contributed by atoms with van der Waals surface area (Å²) in [5, 5.41) is 3.28. The number of aromatic nitrogens is 2. The van der Waals surface area contributed by atoms with Crippen molar-refractivity contribution < 1.29 is 14.2 Å². The van der Waals surface area contributed by atoms with E-state index >= 15 is 0 Å². The van der Waals surface area contributed by atoms with Gasteiger partial charge in [-0.15, -0.1) is 0 Å². The molecule has 0 unspecified atom stereocenters. The van der Waals surface area contributed by atoms with Gasteiger partial charge in [0.2, 0.25) is 0 Å². The number of hydrogen-bond acceptors (Lipinski definition) is 5. The van der Waals surface area contributed by atoms with E-state index in [1.807, 2.05) is 110 Å². The quantitative estimate of drug-likeness (QED) is 0.236. The van der Waals surface area contributed by atoms with Gasteiger partial charge >= 0.3 is 0 Å². The SMILES string of the molecule is COc1ccc(-c2[nH]n(-c3ccc(OC)cc3)c(=O)c2C(C)=Nc2ccc(Oc3ccccc3)cc2)cc1. The number of para-hydroxylation sites is 1. The summed E-state index contributed by atoms with van der Waals surface area (Å²) in [5.74, 6) is 2.91. The van der Waals surface area contributed by atoms with Gasteiger partial charge in [0.1, 0.15) is 23.0 Å². The first-order chi connectivity index (χ1) is 18.6. The molecule has 0 aliphatic rings. The van der Waals surface area contributed by atoms with Crippen molar-refractivity contribution in [2.75, 3.05) is 14.2 Å². The highest BCUT2D eigenvalue weighted by Gasteiger charge is 2.19. The van der Waals surface area contributed by atoms with Gasteiger partial charge < -0.3 is 14.2 Å². The molecule has 0 atom stereocenters. The predicted octanol–water partition coefficient (Wildman–Crippen LogP) is 6.78. The highest BCUT2D eigenvalue weighted by atomic mass is 16.5. The van der Waals surface area contributed by atoms with E-state index in [2.05, 4.69) is 5.10 Å². The van der Waals surface area contributed by atoms with Gasteiger partial charge in [0.25, 0.3) is 5.56 Å². The lowest BCUT2D eigenvalue weighted by molar-refractivity contribution is 0.414. The van der Waals surface area contributed by atoms with Gasteiger partial charge in [-0.1, -0.05) is 18.2 Å². The molecule has 0 amide bonds. The van der Waals surface area contributed by atoms with Crippen LogP contribution in [0.15, 0.2) is 113 Å². The summed E-state index contributed by atoms with van der Waals surface area (Å²) in [6.07, 6.45) is 0. The van der Waals surface area contributed by atoms with E-state index < -0.39 is 0 Å². The largest absolute Gasteiger partial charge is 0.497 e. The molecular formula is C31H27N3O4. The molecule has 38 heavy (non-hydrogen) atoms. The topological polar surface area (TPSA) is 77.8 Å². The van der Waals surface area contributed by atoms with Crippen LogP contribution in [0, 0.1) is 0 Å². The second kappa shape index (κ2) is 10.9. The normalized spacial score (nSPS) is 11.3. The number of benzene rings is 4. The van der Waals surface area contributed by atoms with Gasteiger partial charge in [0.05, 0.1) is 42.6 Å². The van der Waals surface area contributed by atoms with E-state index in [1.165, 1.54) is 4.68 Å². The second-order valence-electron chi connectivity index (χ2n) is 8.54. The molecule has 7 nitrogen and oxygen atoms in total. The van der Waals surface area contributed by atoms with Crippen molar-refractivity contribution in [1.82, 2.24) is 9.78 Å². The summed E-state index contributed by atoms with van der Waals surface area (Å²) in [5.41, 5.74) is 3.76. The highest BCUT2D eigenvalue weighted by molar-refractivity contribution is 6.04. The molecule has 190 valence electrons. The Kier molecular flexibility index (Phi) is 7.08. The smallest absolute Gasteiger partial charge is 0.280 e. The third kappa shape index (κ3) is 5.22. The van der Waals surface area contributed by atoms with Gasteiger partial charge in [-0.05, 0) is 91.9 Å². The molecule has 0 fully saturated rings. The first-order valence-electron chi connectivity index (χ1n) is 12.1. The van der Waals surface area contributed by atoms with E-state index in [0.717, 1.165) is 17.1 Å². The summed E-state index contributed by atoms with van der Waals surface area (Å²) < 4.78 is 18.0. The van der Waals surface area contributed by atoms with Crippen LogP contribution in [-0.2, 0) is 0 Å². The summed E-state index contributed by atoms with van der Waals surface area (Å²) in [4.78, 5) is 18.5. The van der Waals surface area contributed by atoms with Crippen molar-refractivity contribution >= 4 is 11.4 Å². The number of aromatic amines is 1. The molecule has 0 radical (unpaired) electrons. The minimum absolute atomic E-state index is 0.203. The minimum atomic E-state index is -0.203. The summed E-state index contributed by atoms with van der Waals surface area (Å²) in [6.45, 7) is 1.84. The molecular weight excluding hydrogens is 478 g/mol. The van der Waals surface area contributed by atoms with Crippen LogP contribution in [0.3, 0.4) is 0 Å². The van der Waals surface area contributed by atoms with Gasteiger partial charge in [-0.2, -0.15) is 0 Å². The van der Waals surface area contributed by atoms with Crippen molar-refractivity contribution in [1.29, 1.82) is 0 Å². The zero-order valence-corrected chi connectivity index (χ0v) is 21.3. The molecule has 0 saturated heterocycles. The van der Waals surface area contributed by atoms with Crippen molar-refractivity contribution in [3.8, 4) is 39.9 Å². The van der Waals surface area contributed by atoms with Crippen molar-refractivity contribution in [3.63, 3.8) is 0 Å². The number of methoxy groups -OCH3 is 2. The Bertz CT molecular complexity index is 1600. The lowest BCUT2D eigenvalue weighted by atomic mass is 10.0. The average Bonchev–Trinajstić information content (AvgIpc) is 3.31. The summed E-state index contributed by atoms with van der Waals surface area (Å²) >= 11 is 0. The van der Waals surface area contributed by atoms with Gasteiger partial charge in [-0.3, -0.25) is 14.9 Å². The lowest BCUT2D eigenvalue weighted by Crippen LogP contribution is -2.19. The van der Waals surface area contributed by atoms with E-state index in [1.54, 1.807) is 14.2 Å². The Hall–Kier alpha value is -5.04. The highest BCUT2D eigenvalue weighted by Crippen LogP contribution is 2.27. The maximum Gasteiger partial charge on any atom is 0.280 e. The van der Waals surface area contributed by atoms with Crippen molar-refractivity contribution in [2.45, 2.75) is 6.92 Å². The van der Waals surface area contributed by atoms with Crippen LogP contribution in [-0.4, -0.2) is 29.7 Å². The Morgan fingerprint density at radius 3 is 1.87 bits per heavy atom. The third-order valence-corrected chi connectivity index (χ3v) is 6.07. The van der Waals surface area contributed by atoms with Crippen molar-refractivity contribution in [2.24, 2.45) is 4.99 Å². The monoisotopic (exact) mass is 505 g/mol. The fourth-order valence-corrected chi connectivity index (χ4v) is 4.12. The fraction of sp³-hybridized carbons (Fsp3) is 0.0968. The van der Waals surface area contributed by atoms with Crippen LogP contribution in [0.2, 0.25) is 0 Å². The molecule has 4 aromatic carbocycles. The van der Waals surface area contributed by atoms with Gasteiger partial charge in [-0.25, -0.2) is 4.68 Å². The van der Waals surface area contributed by atoms with E-state index in [4.69, 9.17) is 19.2 Å². The molecule has 1 aromatic heterocycles. The molecule has 0 aliphatic heterocycles. The molecule has 1 N–H and O–H groups in total. The Labute approximate surface area is 220 Å². The number of H-pyrrole nitrogens is 1. The van der Waals surface area contributed by atoms with Crippen LogP contribution in [0.25, 0.3) is 16.9 Å². The Morgan fingerprint density at radius 2 is 1.26 bits per heavy atom. The maximum absolute atomic E-state index is 13.7. The minimum Gasteiger partial charge on any atom is -0.497 e. The number of nitrogens with zero attached hydrogens (tertiary/aromatic N) is 2. The predicted molar refractivity (Wildman–Crippen MR) is 150 cm³/mol. The van der Waals surface area contributed by atoms with Crippen LogP contribution < -0.4 is 19.8 Å². The molecule has 0 bridgehead atoms. The second-order valence-corrected chi connectivity index (χ2v) is 8.54. The number of nitrogens with one attached hydrogen (secondary N) is 1. The van der Waals surface area contributed by atoms with E-state index in [-0.39, 0.29) is 5.56 Å². The first kappa shape index (κ1) is 24.6. The number of hydrogen-bond donors (Lipinski definition) is 1. The molecule has 5 aromatic rings. The Balaban J connectivity index is 1.53. The van der Waals surface area contributed by atoms with E-state index in [0.29, 0.717) is 39.8 Å². The molecule has 0 saturated carbocycles. The maximum atomic E-state index is 13.7. The zero-order chi connectivity index (χ0) is 26.5. The summed E-state index contributed by atoms with van der Waals surface area (Å²) in [6, 6.07) is 31.9. The standard InChI is InChI=1S/C31H27N3O4/c1-21(32-23-11-17-28(18-12-23)38-27-7-5-4-6-8-27)29-30(22-9-15-25(36-2)16-10-22)33-34(31(29)35)24-13-19-26(37-3)20-14-24/h4-20,33H,1-3H3. The third-order valence-electron chi connectivity index (χ3n) is 6.07. The number of ether oxygens (including phenoxy) is 3. The van der Waals surface area contributed by atoms with Crippen LogP contribution in [0.4, 0.5) is 5.69 Å². The number of aliphatic imine (C=N–C) groups is 1. The first-order valence-corrected chi connectivity index (χ1v) is 12.1. The zero-order valence-electron chi connectivity index (χ0n) is 21.3. The molecule has 0 aliphatic carbocycles. The molecule has 7 heteroatoms. The van der Waals surface area contributed by atoms with Gasteiger partial charge in [0.15, 0.2) is 0 Å². The van der Waals surface area contributed by atoms with Crippen LogP contribution in [0.5, 0.6) is 23.0 Å². The van der Waals surface area contributed by atoms with Crippen LogP contribution >= 0.6 is 0 Å². The Morgan fingerprint density at radius 1 is 0.711 bits per heavy atom. The lowest BCUT2D eigenvalue weighted by Gasteiger charge is -2.06. The van der Waals surface area contributed by atoms with Gasteiger partial charge in [0, 0.05) is 5.56 Å². The van der Waals surface area contributed by atoms with E-state index in [9.17, 15) is 4.79 Å². The average molecular weight is 506 g/mol. The number of rotatable bonds is 8. The van der Waals surface area contributed by atoms with Crippen molar-refractivity contribution in [3.05, 3.63) is 119 Å². The fourth-order valence-electron chi connectivity index (χ4n) is 4.12.